The molecule has 4 rings (SSSR count). The third-order valence-electron chi connectivity index (χ3n) is 7.76. The van der Waals surface area contributed by atoms with Gasteiger partial charge in [-0.1, -0.05) is 13.0 Å². The molecular weight excluding hydrogens is 628 g/mol. The summed E-state index contributed by atoms with van der Waals surface area (Å²) in [5, 5.41) is 9.75. The van der Waals surface area contributed by atoms with Crippen LogP contribution in [-0.2, 0) is 19.2 Å². The number of fused-ring (bicyclic) bond motifs is 1. The lowest BCUT2D eigenvalue weighted by molar-refractivity contribution is -0.180. The van der Waals surface area contributed by atoms with E-state index in [4.69, 9.17) is 15.3 Å². The molecule has 1 aromatic carbocycles. The number of hydrogen-bond acceptors (Lipinski definition) is 10. The lowest BCUT2D eigenvalue weighted by Gasteiger charge is -2.32. The normalized spacial score (nSPS) is 14.8. The van der Waals surface area contributed by atoms with Crippen LogP contribution in [0.5, 0.6) is 0 Å². The Morgan fingerprint density at radius 3 is 2.43 bits per heavy atom. The molecule has 14 heteroatoms. The third-order valence-corrected chi connectivity index (χ3v) is 7.76. The number of nitrogens with two attached hydrogens (primary N) is 1. The molecule has 2 aliphatic heterocycles. The van der Waals surface area contributed by atoms with Crippen molar-refractivity contribution in [2.75, 3.05) is 49.5 Å². The molecule has 0 spiro atoms. The zero-order valence-corrected chi connectivity index (χ0v) is 29.0. The van der Waals surface area contributed by atoms with Gasteiger partial charge in [-0.25, -0.2) is 19.8 Å². The Kier molecular flexibility index (Phi) is 12.7. The van der Waals surface area contributed by atoms with Crippen molar-refractivity contribution in [1.82, 2.24) is 20.7 Å². The zero-order valence-electron chi connectivity index (χ0n) is 29.0. The Hall–Kier alpha value is -4.98. The molecule has 0 saturated carbocycles. The number of rotatable bonds is 12. The lowest BCUT2D eigenvalue weighted by atomic mass is 9.96. The van der Waals surface area contributed by atoms with Crippen LogP contribution in [0, 0.1) is 5.92 Å². The van der Waals surface area contributed by atoms with E-state index in [1.165, 1.54) is 5.06 Å². The summed E-state index contributed by atoms with van der Waals surface area (Å²) in [5.74, 6) is 0.268. The predicted molar refractivity (Wildman–Crippen MR) is 188 cm³/mol. The van der Waals surface area contributed by atoms with Gasteiger partial charge in [0.2, 0.25) is 5.91 Å². The Labute approximate surface area is 287 Å². The van der Waals surface area contributed by atoms with Gasteiger partial charge in [0, 0.05) is 61.8 Å². The minimum Gasteiger partial charge on any atom is -0.444 e. The number of hydrogen-bond donors (Lipinski definition) is 4. The molecule has 1 saturated heterocycles. The van der Waals surface area contributed by atoms with Crippen LogP contribution >= 0.6 is 0 Å². The Morgan fingerprint density at radius 1 is 1.04 bits per heavy atom. The van der Waals surface area contributed by atoms with Crippen LogP contribution in [0.15, 0.2) is 47.1 Å². The number of anilines is 2. The first-order valence-electron chi connectivity index (χ1n) is 16.8. The number of pyridine rings is 1. The molecule has 2 aliphatic rings. The Bertz CT molecular complexity index is 1550. The maximum Gasteiger partial charge on any atom is 0.407 e. The van der Waals surface area contributed by atoms with Crippen LogP contribution in [0.25, 0.3) is 6.08 Å². The maximum absolute atomic E-state index is 13.2. The number of amides is 4. The molecule has 5 N–H and O–H groups in total. The van der Waals surface area contributed by atoms with E-state index in [-0.39, 0.29) is 42.4 Å². The number of hydroxylamine groups is 2. The van der Waals surface area contributed by atoms with Crippen molar-refractivity contribution in [2.24, 2.45) is 16.6 Å². The Morgan fingerprint density at radius 2 is 1.78 bits per heavy atom. The van der Waals surface area contributed by atoms with Crippen LogP contribution in [0.3, 0.4) is 0 Å². The topological polar surface area (TPSA) is 181 Å². The van der Waals surface area contributed by atoms with E-state index in [9.17, 15) is 19.2 Å². The smallest absolute Gasteiger partial charge is 0.407 e. The van der Waals surface area contributed by atoms with Crippen molar-refractivity contribution in [3.63, 3.8) is 0 Å². The molecule has 0 radical (unpaired) electrons. The number of aromatic nitrogens is 1. The number of carbonyl (C=O) groups is 4. The fourth-order valence-electron chi connectivity index (χ4n) is 5.44. The van der Waals surface area contributed by atoms with Crippen LogP contribution < -0.4 is 26.6 Å². The number of benzene rings is 1. The van der Waals surface area contributed by atoms with E-state index in [1.807, 2.05) is 19.9 Å². The summed E-state index contributed by atoms with van der Waals surface area (Å²) in [6.45, 7) is 11.9. The number of ether oxygens (including phenoxy) is 1. The van der Waals surface area contributed by atoms with E-state index in [1.54, 1.807) is 57.3 Å². The number of amidine groups is 1. The van der Waals surface area contributed by atoms with Crippen LogP contribution in [-0.4, -0.2) is 84.6 Å². The quantitative estimate of drug-likeness (QED) is 0.190. The summed E-state index contributed by atoms with van der Waals surface area (Å²) in [6.07, 6.45) is 5.09. The zero-order chi connectivity index (χ0) is 35.6. The summed E-state index contributed by atoms with van der Waals surface area (Å²) >= 11 is 0. The fourth-order valence-corrected chi connectivity index (χ4v) is 5.44. The highest BCUT2D eigenvalue weighted by molar-refractivity contribution is 6.07. The van der Waals surface area contributed by atoms with Gasteiger partial charge in [-0.2, -0.15) is 0 Å². The number of alkyl carbamates (subject to hydrolysis) is 1. The molecule has 1 aromatic heterocycles. The second kappa shape index (κ2) is 16.9. The lowest BCUT2D eigenvalue weighted by Crippen LogP contribution is -2.43. The molecule has 49 heavy (non-hydrogen) atoms. The standard InChI is InChI=1S/C35H48N8O6/c1-6-16-43(48-7-2)33(46)26-19-24-8-9-25(20-28(24)41-29(36)21-26)32(45)40-27-10-11-30(39-22-27)42-17-12-23(13-18-42)31(44)37-14-15-38-34(47)49-35(3,4)5/h8-11,19-20,22-23H,6-7,12-18,21H2,1-5H3,(H2,36,41)(H,37,44)(H,38,47)(H,40,45). The number of piperidine rings is 1. The van der Waals surface area contributed by atoms with Crippen molar-refractivity contribution in [2.45, 2.75) is 65.9 Å². The van der Waals surface area contributed by atoms with Crippen molar-refractivity contribution in [3.8, 4) is 0 Å². The van der Waals surface area contributed by atoms with Gasteiger partial charge in [0.1, 0.15) is 17.3 Å². The van der Waals surface area contributed by atoms with Crippen LogP contribution in [0.4, 0.5) is 22.0 Å². The average Bonchev–Trinajstić information content (AvgIpc) is 3.23. The molecule has 14 nitrogen and oxygen atoms in total. The summed E-state index contributed by atoms with van der Waals surface area (Å²) in [4.78, 5) is 67.3. The number of carbonyl (C=O) groups excluding carboxylic acids is 4. The molecule has 1 fully saturated rings. The summed E-state index contributed by atoms with van der Waals surface area (Å²) in [6, 6.07) is 8.70. The van der Waals surface area contributed by atoms with Crippen molar-refractivity contribution in [3.05, 3.63) is 53.2 Å². The molecule has 3 heterocycles. The van der Waals surface area contributed by atoms with Gasteiger partial charge in [0.05, 0.1) is 24.2 Å². The Balaban J connectivity index is 1.28. The van der Waals surface area contributed by atoms with Crippen LogP contribution in [0.1, 0.15) is 76.2 Å². The average molecular weight is 677 g/mol. The summed E-state index contributed by atoms with van der Waals surface area (Å²) < 4.78 is 5.19. The minimum absolute atomic E-state index is 0.0343. The molecule has 0 atom stereocenters. The van der Waals surface area contributed by atoms with Crippen molar-refractivity contribution >= 4 is 52.9 Å². The monoisotopic (exact) mass is 676 g/mol. The minimum atomic E-state index is -0.575. The van der Waals surface area contributed by atoms with Gasteiger partial charge in [-0.3, -0.25) is 19.2 Å². The van der Waals surface area contributed by atoms with Crippen molar-refractivity contribution < 1.29 is 28.8 Å². The SMILES string of the molecule is CCCN(OCC)C(=O)C1=Cc2ccc(C(=O)Nc3ccc(N4CCC(C(=O)NCCNC(=O)OC(C)(C)C)CC4)nc3)cc2N=C(N)C1. The summed E-state index contributed by atoms with van der Waals surface area (Å²) in [7, 11) is 0. The van der Waals surface area contributed by atoms with Crippen LogP contribution in [0.2, 0.25) is 0 Å². The highest BCUT2D eigenvalue weighted by Crippen LogP contribution is 2.29. The second-order valence-electron chi connectivity index (χ2n) is 12.9. The van der Waals surface area contributed by atoms with Crippen molar-refractivity contribution in [1.29, 1.82) is 0 Å². The first-order valence-corrected chi connectivity index (χ1v) is 16.8. The van der Waals surface area contributed by atoms with E-state index >= 15 is 0 Å². The molecule has 0 aliphatic carbocycles. The van der Waals surface area contributed by atoms with E-state index in [0.29, 0.717) is 73.7 Å². The first-order chi connectivity index (χ1) is 23.4. The summed E-state index contributed by atoms with van der Waals surface area (Å²) in [5.41, 5.74) is 8.14. The molecule has 264 valence electrons. The number of nitrogens with one attached hydrogen (secondary N) is 3. The molecule has 0 bridgehead atoms. The molecule has 2 aromatic rings. The molecular formula is C35H48N8O6. The molecule has 4 amide bonds. The predicted octanol–water partition coefficient (Wildman–Crippen LogP) is 4.16. The van der Waals surface area contributed by atoms with Gasteiger partial charge in [0.15, 0.2) is 0 Å². The van der Waals surface area contributed by atoms with Gasteiger partial charge in [0.25, 0.3) is 11.8 Å². The number of nitrogens with zero attached hydrogens (tertiary/aromatic N) is 4. The second-order valence-corrected chi connectivity index (χ2v) is 12.9. The first kappa shape index (κ1) is 36.8. The van der Waals surface area contributed by atoms with E-state index < -0.39 is 11.7 Å². The highest BCUT2D eigenvalue weighted by Gasteiger charge is 2.26. The van der Waals surface area contributed by atoms with E-state index in [0.717, 1.165) is 12.2 Å². The number of aliphatic imine (C=N–C) groups is 1. The van der Waals surface area contributed by atoms with Gasteiger partial charge < -0.3 is 31.3 Å². The molecule has 0 unspecified atom stereocenters. The van der Waals surface area contributed by atoms with Gasteiger partial charge >= 0.3 is 6.09 Å². The fraction of sp³-hybridized carbons (Fsp3) is 0.486. The largest absolute Gasteiger partial charge is 0.444 e. The maximum atomic E-state index is 13.2. The van der Waals surface area contributed by atoms with E-state index in [2.05, 4.69) is 30.8 Å². The van der Waals surface area contributed by atoms with Gasteiger partial charge in [-0.05, 0) is 77.3 Å². The highest BCUT2D eigenvalue weighted by atomic mass is 16.7. The van der Waals surface area contributed by atoms with Gasteiger partial charge in [-0.15, -0.1) is 0 Å². The third kappa shape index (κ3) is 10.8.